The van der Waals surface area contributed by atoms with Crippen LogP contribution in [0.15, 0.2) is 36.4 Å². The number of ether oxygens (including phenoxy) is 3. The van der Waals surface area contributed by atoms with Gasteiger partial charge < -0.3 is 34.6 Å². The van der Waals surface area contributed by atoms with E-state index in [1.54, 1.807) is 36.4 Å². The van der Waals surface area contributed by atoms with Gasteiger partial charge in [0.05, 0.1) is 13.2 Å². The maximum Gasteiger partial charge on any atom is 0.302 e. The molecule has 2 atom stereocenters. The summed E-state index contributed by atoms with van der Waals surface area (Å²) in [5.74, 6) is -0.487. The van der Waals surface area contributed by atoms with Gasteiger partial charge >= 0.3 is 11.9 Å². The Morgan fingerprint density at radius 3 is 1.48 bits per heavy atom. The summed E-state index contributed by atoms with van der Waals surface area (Å²) in [6.07, 6.45) is -1.89. The first-order chi connectivity index (χ1) is 13.7. The monoisotopic (exact) mass is 410 g/mol. The van der Waals surface area contributed by atoms with Crippen LogP contribution in [0.4, 0.5) is 0 Å². The highest BCUT2D eigenvalue weighted by Crippen LogP contribution is 2.23. The van der Waals surface area contributed by atoms with Gasteiger partial charge in [-0.1, -0.05) is 12.1 Å². The highest BCUT2D eigenvalue weighted by atomic mass is 16.6. The van der Waals surface area contributed by atoms with Crippen LogP contribution in [0.1, 0.15) is 13.8 Å². The molecular weight excluding hydrogens is 384 g/mol. The van der Waals surface area contributed by atoms with E-state index in [9.17, 15) is 19.8 Å². The molecule has 0 heterocycles. The second kappa shape index (κ2) is 12.6. The molecule has 2 rings (SSSR count). The van der Waals surface area contributed by atoms with Gasteiger partial charge in [0.25, 0.3) is 0 Å². The van der Waals surface area contributed by atoms with E-state index in [2.05, 4.69) is 9.47 Å². The summed E-state index contributed by atoms with van der Waals surface area (Å²) < 4.78 is 14.0. The summed E-state index contributed by atoms with van der Waals surface area (Å²) in [4.78, 5) is 20.8. The third-order valence-electron chi connectivity index (χ3n) is 3.39. The Kier molecular flexibility index (Phi) is 10.5. The number of phenolic OH excluding ortho intramolecular Hbond substituents is 2. The SMILES string of the molecule is CC(=O)OCC(O)COCC(O)COC(C)=O.Oc1ccc2cc(O)ccc2c1. The second-order valence-electron chi connectivity index (χ2n) is 6.17. The van der Waals surface area contributed by atoms with Crippen molar-refractivity contribution in [2.24, 2.45) is 0 Å². The average Bonchev–Trinajstić information content (AvgIpc) is 2.65. The standard InChI is InChI=1S/C10H18O7.C10H8O2/c1-7(11)16-5-9(13)3-15-4-10(14)6-17-8(2)12;11-9-3-1-7-5-10(12)4-2-8(7)6-9/h9-10,13-14H,3-6H2,1-2H3;1-6,11-12H. The molecule has 0 amide bonds. The number of aliphatic hydroxyl groups excluding tert-OH is 2. The lowest BCUT2D eigenvalue weighted by molar-refractivity contribution is -0.146. The lowest BCUT2D eigenvalue weighted by Crippen LogP contribution is -2.28. The predicted molar refractivity (Wildman–Crippen MR) is 103 cm³/mol. The lowest BCUT2D eigenvalue weighted by Gasteiger charge is -2.14. The van der Waals surface area contributed by atoms with Crippen LogP contribution in [0.5, 0.6) is 11.5 Å². The molecule has 2 aromatic rings. The molecule has 2 aromatic carbocycles. The largest absolute Gasteiger partial charge is 0.508 e. The van der Waals surface area contributed by atoms with E-state index in [-0.39, 0.29) is 37.9 Å². The quantitative estimate of drug-likeness (QED) is 0.470. The summed E-state index contributed by atoms with van der Waals surface area (Å²) in [5.41, 5.74) is 0. The van der Waals surface area contributed by atoms with Crippen LogP contribution < -0.4 is 0 Å². The number of carbonyl (C=O) groups is 2. The Labute approximate surface area is 168 Å². The fraction of sp³-hybridized carbons (Fsp3) is 0.400. The van der Waals surface area contributed by atoms with Crippen LogP contribution in [-0.4, -0.2) is 71.0 Å². The van der Waals surface area contributed by atoms with Crippen molar-refractivity contribution in [3.63, 3.8) is 0 Å². The molecule has 4 N–H and O–H groups in total. The predicted octanol–water partition coefficient (Wildman–Crippen LogP) is 1.10. The number of hydrogen-bond acceptors (Lipinski definition) is 9. The average molecular weight is 410 g/mol. The van der Waals surface area contributed by atoms with E-state index in [0.717, 1.165) is 10.8 Å². The van der Waals surface area contributed by atoms with Crippen LogP contribution in [0.2, 0.25) is 0 Å². The van der Waals surface area contributed by atoms with Gasteiger partial charge in [-0.15, -0.1) is 0 Å². The molecule has 0 saturated heterocycles. The van der Waals surface area contributed by atoms with E-state index in [1.165, 1.54) is 13.8 Å². The maximum atomic E-state index is 10.4. The van der Waals surface area contributed by atoms with Crippen molar-refractivity contribution < 1.29 is 44.2 Å². The van der Waals surface area contributed by atoms with Crippen LogP contribution >= 0.6 is 0 Å². The number of phenols is 2. The Balaban J connectivity index is 0.000000304. The van der Waals surface area contributed by atoms with Crippen molar-refractivity contribution in [1.29, 1.82) is 0 Å². The zero-order chi connectivity index (χ0) is 21.8. The smallest absolute Gasteiger partial charge is 0.302 e. The highest BCUT2D eigenvalue weighted by Gasteiger charge is 2.10. The van der Waals surface area contributed by atoms with Gasteiger partial charge in [0.15, 0.2) is 0 Å². The zero-order valence-electron chi connectivity index (χ0n) is 16.3. The van der Waals surface area contributed by atoms with Crippen molar-refractivity contribution in [3.05, 3.63) is 36.4 Å². The minimum absolute atomic E-state index is 0.0790. The van der Waals surface area contributed by atoms with Crippen LogP contribution in [0, 0.1) is 0 Å². The first-order valence-corrected chi connectivity index (χ1v) is 8.79. The second-order valence-corrected chi connectivity index (χ2v) is 6.17. The molecule has 2 unspecified atom stereocenters. The van der Waals surface area contributed by atoms with E-state index >= 15 is 0 Å². The van der Waals surface area contributed by atoms with E-state index in [1.807, 2.05) is 0 Å². The molecule has 0 bridgehead atoms. The molecule has 0 fully saturated rings. The number of carbonyl (C=O) groups excluding carboxylic acids is 2. The maximum absolute atomic E-state index is 10.4. The number of aliphatic hydroxyl groups is 2. The molecule has 0 aliphatic heterocycles. The summed E-state index contributed by atoms with van der Waals surface area (Å²) in [5, 5.41) is 38.6. The molecule has 0 spiro atoms. The molecule has 160 valence electrons. The molecule has 29 heavy (non-hydrogen) atoms. The van der Waals surface area contributed by atoms with Crippen LogP contribution in [0.25, 0.3) is 10.8 Å². The van der Waals surface area contributed by atoms with Crippen LogP contribution in [0.3, 0.4) is 0 Å². The van der Waals surface area contributed by atoms with Gasteiger partial charge in [0, 0.05) is 13.8 Å². The Hall–Kier alpha value is -2.88. The molecule has 9 nitrogen and oxygen atoms in total. The molecule has 0 aromatic heterocycles. The summed E-state index contributed by atoms with van der Waals surface area (Å²) in [6, 6.07) is 10.1. The van der Waals surface area contributed by atoms with Gasteiger partial charge in [-0.2, -0.15) is 0 Å². The number of hydrogen-bond donors (Lipinski definition) is 4. The lowest BCUT2D eigenvalue weighted by atomic mass is 10.1. The number of aromatic hydroxyl groups is 2. The van der Waals surface area contributed by atoms with Crippen molar-refractivity contribution in [3.8, 4) is 11.5 Å². The van der Waals surface area contributed by atoms with E-state index in [4.69, 9.17) is 14.9 Å². The van der Waals surface area contributed by atoms with Gasteiger partial charge in [0.1, 0.15) is 36.9 Å². The van der Waals surface area contributed by atoms with Gasteiger partial charge in [-0.05, 0) is 35.0 Å². The Morgan fingerprint density at radius 2 is 1.14 bits per heavy atom. The Morgan fingerprint density at radius 1 is 0.759 bits per heavy atom. The first kappa shape index (κ1) is 24.2. The number of fused-ring (bicyclic) bond motifs is 1. The topological polar surface area (TPSA) is 143 Å². The molecule has 0 aliphatic rings. The summed E-state index contributed by atoms with van der Waals surface area (Å²) >= 11 is 0. The fourth-order valence-corrected chi connectivity index (χ4v) is 2.08. The minimum atomic E-state index is -0.945. The number of esters is 2. The Bertz CT molecular complexity index is 725. The third kappa shape index (κ3) is 10.9. The number of rotatable bonds is 8. The van der Waals surface area contributed by atoms with Gasteiger partial charge in [0.2, 0.25) is 0 Å². The van der Waals surface area contributed by atoms with E-state index < -0.39 is 24.1 Å². The van der Waals surface area contributed by atoms with Crippen LogP contribution in [-0.2, 0) is 23.8 Å². The summed E-state index contributed by atoms with van der Waals surface area (Å²) in [7, 11) is 0. The molecule has 9 heteroatoms. The third-order valence-corrected chi connectivity index (χ3v) is 3.39. The van der Waals surface area contributed by atoms with Crippen molar-refractivity contribution >= 4 is 22.7 Å². The normalized spacial score (nSPS) is 12.4. The van der Waals surface area contributed by atoms with Crippen molar-refractivity contribution in [2.45, 2.75) is 26.1 Å². The zero-order valence-corrected chi connectivity index (χ0v) is 16.3. The molecule has 0 saturated carbocycles. The van der Waals surface area contributed by atoms with Gasteiger partial charge in [-0.3, -0.25) is 9.59 Å². The molecule has 0 aliphatic carbocycles. The molecular formula is C20H26O9. The van der Waals surface area contributed by atoms with Gasteiger partial charge in [-0.25, -0.2) is 0 Å². The van der Waals surface area contributed by atoms with E-state index in [0.29, 0.717) is 0 Å². The first-order valence-electron chi connectivity index (χ1n) is 8.79. The molecule has 0 radical (unpaired) electrons. The van der Waals surface area contributed by atoms with Crippen molar-refractivity contribution in [1.82, 2.24) is 0 Å². The fourth-order valence-electron chi connectivity index (χ4n) is 2.08. The minimum Gasteiger partial charge on any atom is -0.508 e. The van der Waals surface area contributed by atoms with Crippen molar-refractivity contribution in [2.75, 3.05) is 26.4 Å². The number of benzene rings is 2. The highest BCUT2D eigenvalue weighted by molar-refractivity contribution is 5.85. The summed E-state index contributed by atoms with van der Waals surface area (Å²) in [6.45, 7) is 1.99.